The van der Waals surface area contributed by atoms with E-state index in [1.54, 1.807) is 23.3 Å². The van der Waals surface area contributed by atoms with Crippen molar-refractivity contribution in [2.24, 2.45) is 0 Å². The van der Waals surface area contributed by atoms with Gasteiger partial charge >= 0.3 is 5.97 Å². The van der Waals surface area contributed by atoms with Crippen molar-refractivity contribution in [2.75, 3.05) is 20.1 Å². The summed E-state index contributed by atoms with van der Waals surface area (Å²) in [4.78, 5) is 23.3. The Balaban J connectivity index is 2.28. The van der Waals surface area contributed by atoms with E-state index in [1.807, 2.05) is 16.8 Å². The molecule has 5 nitrogen and oxygen atoms in total. The van der Waals surface area contributed by atoms with Crippen molar-refractivity contribution in [3.8, 4) is 0 Å². The molecule has 0 aliphatic carbocycles. The molecular formula is C10H14N2O3S. The van der Waals surface area contributed by atoms with Gasteiger partial charge in [-0.1, -0.05) is 0 Å². The number of nitrogens with zero attached hydrogens (tertiary/aromatic N) is 1. The molecule has 0 radical (unpaired) electrons. The number of aliphatic carboxylic acids is 1. The molecule has 88 valence electrons. The summed E-state index contributed by atoms with van der Waals surface area (Å²) in [5.74, 6) is -1.08. The Morgan fingerprint density at radius 1 is 1.50 bits per heavy atom. The average molecular weight is 242 g/mol. The van der Waals surface area contributed by atoms with Crippen LogP contribution in [0.1, 0.15) is 5.56 Å². The summed E-state index contributed by atoms with van der Waals surface area (Å²) in [6, 6.07) is 1.96. The minimum absolute atomic E-state index is 0.0485. The first-order valence-electron chi connectivity index (χ1n) is 4.77. The number of carbonyl (C=O) groups excluding carboxylic acids is 1. The number of hydrogen-bond acceptors (Lipinski definition) is 4. The molecule has 0 spiro atoms. The first kappa shape index (κ1) is 12.7. The summed E-state index contributed by atoms with van der Waals surface area (Å²) in [6.07, 6.45) is 0. The number of hydrogen-bond donors (Lipinski definition) is 2. The molecule has 0 aliphatic rings. The van der Waals surface area contributed by atoms with E-state index in [4.69, 9.17) is 5.11 Å². The number of thiophene rings is 1. The fourth-order valence-corrected chi connectivity index (χ4v) is 1.82. The van der Waals surface area contributed by atoms with Crippen molar-refractivity contribution >= 4 is 23.2 Å². The predicted octanol–water partition coefficient (Wildman–Crippen LogP) is 0.381. The number of nitrogens with one attached hydrogen (secondary N) is 1. The standard InChI is InChI=1S/C10H14N2O3S/c1-12(6-8-2-3-16-7-8)9(13)4-11-5-10(14)15/h2-3,7,11H,4-6H2,1H3,(H,14,15). The molecule has 0 fully saturated rings. The van der Waals surface area contributed by atoms with Crippen LogP contribution in [-0.4, -0.2) is 42.0 Å². The Morgan fingerprint density at radius 2 is 2.25 bits per heavy atom. The van der Waals surface area contributed by atoms with Gasteiger partial charge in [0.05, 0.1) is 13.1 Å². The van der Waals surface area contributed by atoms with E-state index < -0.39 is 5.97 Å². The minimum atomic E-state index is -0.965. The third-order valence-corrected chi connectivity index (χ3v) is 2.71. The molecule has 1 aromatic heterocycles. The molecular weight excluding hydrogens is 228 g/mol. The number of rotatable bonds is 6. The molecule has 1 rings (SSSR count). The lowest BCUT2D eigenvalue weighted by molar-refractivity contribution is -0.136. The monoisotopic (exact) mass is 242 g/mol. The molecule has 2 N–H and O–H groups in total. The van der Waals surface area contributed by atoms with Gasteiger partial charge in [0.2, 0.25) is 5.91 Å². The highest BCUT2D eigenvalue weighted by Gasteiger charge is 2.09. The number of likely N-dealkylation sites (N-methyl/N-ethyl adjacent to an activating group) is 1. The van der Waals surface area contributed by atoms with Gasteiger partial charge in [0.15, 0.2) is 0 Å². The molecule has 0 bridgehead atoms. The Hall–Kier alpha value is -1.40. The van der Waals surface area contributed by atoms with Gasteiger partial charge in [-0.05, 0) is 22.4 Å². The normalized spacial score (nSPS) is 10.1. The van der Waals surface area contributed by atoms with E-state index in [1.165, 1.54) is 0 Å². The van der Waals surface area contributed by atoms with Crippen LogP contribution in [0, 0.1) is 0 Å². The lowest BCUT2D eigenvalue weighted by Gasteiger charge is -2.16. The summed E-state index contributed by atoms with van der Waals surface area (Å²) in [5, 5.41) is 14.9. The summed E-state index contributed by atoms with van der Waals surface area (Å²) < 4.78 is 0. The second-order valence-electron chi connectivity index (χ2n) is 3.38. The fourth-order valence-electron chi connectivity index (χ4n) is 1.16. The molecule has 6 heteroatoms. The molecule has 1 amide bonds. The number of carboxylic acids is 1. The second kappa shape index (κ2) is 6.24. The highest BCUT2D eigenvalue weighted by molar-refractivity contribution is 7.07. The average Bonchev–Trinajstić information content (AvgIpc) is 2.69. The predicted molar refractivity (Wildman–Crippen MR) is 61.3 cm³/mol. The van der Waals surface area contributed by atoms with Gasteiger partial charge in [0.25, 0.3) is 0 Å². The van der Waals surface area contributed by atoms with Crippen LogP contribution in [0.2, 0.25) is 0 Å². The van der Waals surface area contributed by atoms with Crippen LogP contribution in [0.15, 0.2) is 16.8 Å². The van der Waals surface area contributed by atoms with E-state index in [2.05, 4.69) is 5.32 Å². The van der Waals surface area contributed by atoms with Crippen LogP contribution >= 0.6 is 11.3 Å². The maximum atomic E-state index is 11.5. The first-order chi connectivity index (χ1) is 7.59. The van der Waals surface area contributed by atoms with E-state index in [9.17, 15) is 9.59 Å². The van der Waals surface area contributed by atoms with Crippen molar-refractivity contribution in [2.45, 2.75) is 6.54 Å². The van der Waals surface area contributed by atoms with Crippen LogP contribution in [0.25, 0.3) is 0 Å². The maximum absolute atomic E-state index is 11.5. The Labute approximate surface area is 97.7 Å². The van der Waals surface area contributed by atoms with Crippen molar-refractivity contribution < 1.29 is 14.7 Å². The highest BCUT2D eigenvalue weighted by Crippen LogP contribution is 2.08. The van der Waals surface area contributed by atoms with Gasteiger partial charge in [-0.15, -0.1) is 0 Å². The molecule has 16 heavy (non-hydrogen) atoms. The van der Waals surface area contributed by atoms with Crippen LogP contribution in [0.4, 0.5) is 0 Å². The first-order valence-corrected chi connectivity index (χ1v) is 5.71. The Bertz CT molecular complexity index is 351. The summed E-state index contributed by atoms with van der Waals surface area (Å²) >= 11 is 1.58. The number of amides is 1. The second-order valence-corrected chi connectivity index (χ2v) is 4.16. The number of carboxylic acid groups (broad SMARTS) is 1. The van der Waals surface area contributed by atoms with Gasteiger partial charge in [0, 0.05) is 13.6 Å². The lowest BCUT2D eigenvalue weighted by Crippen LogP contribution is -2.37. The quantitative estimate of drug-likeness (QED) is 0.756. The van der Waals surface area contributed by atoms with Gasteiger partial charge in [-0.3, -0.25) is 14.9 Å². The SMILES string of the molecule is CN(Cc1ccsc1)C(=O)CNCC(=O)O. The molecule has 0 aliphatic heterocycles. The topological polar surface area (TPSA) is 69.6 Å². The largest absolute Gasteiger partial charge is 0.480 e. The van der Waals surface area contributed by atoms with E-state index in [0.29, 0.717) is 6.54 Å². The Morgan fingerprint density at radius 3 is 2.81 bits per heavy atom. The van der Waals surface area contributed by atoms with Crippen LogP contribution in [-0.2, 0) is 16.1 Å². The Kier molecular flexibility index (Phi) is 4.94. The van der Waals surface area contributed by atoms with Gasteiger partial charge < -0.3 is 10.0 Å². The maximum Gasteiger partial charge on any atom is 0.317 e. The van der Waals surface area contributed by atoms with Crippen LogP contribution in [0.5, 0.6) is 0 Å². The van der Waals surface area contributed by atoms with Gasteiger partial charge in [-0.2, -0.15) is 11.3 Å². The van der Waals surface area contributed by atoms with E-state index in [0.717, 1.165) is 5.56 Å². The molecule has 1 aromatic rings. The molecule has 0 atom stereocenters. The summed E-state index contributed by atoms with van der Waals surface area (Å²) in [5.41, 5.74) is 1.08. The number of carbonyl (C=O) groups is 2. The van der Waals surface area contributed by atoms with Crippen LogP contribution in [0.3, 0.4) is 0 Å². The molecule has 0 saturated carbocycles. The third-order valence-electron chi connectivity index (χ3n) is 1.98. The van der Waals surface area contributed by atoms with E-state index in [-0.39, 0.29) is 19.0 Å². The molecule has 1 heterocycles. The van der Waals surface area contributed by atoms with E-state index >= 15 is 0 Å². The van der Waals surface area contributed by atoms with Crippen molar-refractivity contribution in [1.82, 2.24) is 10.2 Å². The zero-order valence-electron chi connectivity index (χ0n) is 8.97. The fraction of sp³-hybridized carbons (Fsp3) is 0.400. The van der Waals surface area contributed by atoms with Crippen molar-refractivity contribution in [1.29, 1.82) is 0 Å². The molecule has 0 aromatic carbocycles. The lowest BCUT2D eigenvalue weighted by atomic mass is 10.3. The van der Waals surface area contributed by atoms with Gasteiger partial charge in [0.1, 0.15) is 0 Å². The summed E-state index contributed by atoms with van der Waals surface area (Å²) in [6.45, 7) is 0.405. The van der Waals surface area contributed by atoms with Crippen molar-refractivity contribution in [3.05, 3.63) is 22.4 Å². The van der Waals surface area contributed by atoms with Crippen molar-refractivity contribution in [3.63, 3.8) is 0 Å². The minimum Gasteiger partial charge on any atom is -0.480 e. The smallest absolute Gasteiger partial charge is 0.317 e. The zero-order chi connectivity index (χ0) is 12.0. The zero-order valence-corrected chi connectivity index (χ0v) is 9.79. The summed E-state index contributed by atoms with van der Waals surface area (Å²) in [7, 11) is 1.70. The van der Waals surface area contributed by atoms with Crippen LogP contribution < -0.4 is 5.32 Å². The molecule has 0 unspecified atom stereocenters. The highest BCUT2D eigenvalue weighted by atomic mass is 32.1. The van der Waals surface area contributed by atoms with Gasteiger partial charge in [-0.25, -0.2) is 0 Å². The molecule has 0 saturated heterocycles. The third kappa shape index (κ3) is 4.41.